The van der Waals surface area contributed by atoms with E-state index in [4.69, 9.17) is 5.73 Å². The molecule has 1 aromatic heterocycles. The van der Waals surface area contributed by atoms with Crippen molar-refractivity contribution in [3.05, 3.63) is 35.4 Å². The molecule has 2 aromatic rings. The van der Waals surface area contributed by atoms with Gasteiger partial charge in [-0.05, 0) is 18.9 Å². The average molecular weight is 350 g/mol. The van der Waals surface area contributed by atoms with Crippen LogP contribution in [0.4, 0.5) is 5.13 Å². The zero-order chi connectivity index (χ0) is 16.8. The maximum Gasteiger partial charge on any atom is 0.216 e. The molecule has 0 bridgehead atoms. The number of carbonyl (C=O) groups excluding carboxylic acids is 2. The molecule has 2 rings (SSSR count). The van der Waals surface area contributed by atoms with Gasteiger partial charge in [0.1, 0.15) is 0 Å². The van der Waals surface area contributed by atoms with Crippen molar-refractivity contribution in [1.29, 1.82) is 0 Å². The number of Topliss-reactive ketones (excluding diaryl/α,β-unsaturated/α-hetero) is 1. The fourth-order valence-electron chi connectivity index (χ4n) is 1.93. The Bertz CT molecular complexity index is 685. The van der Waals surface area contributed by atoms with E-state index in [0.29, 0.717) is 21.6 Å². The van der Waals surface area contributed by atoms with Gasteiger partial charge in [0.2, 0.25) is 11.0 Å². The molecule has 0 aliphatic heterocycles. The fourth-order valence-corrected chi connectivity index (χ4v) is 3.78. The number of amides is 1. The SMILES string of the molecule is CC(=O)NCCc1ccc(C(=O)C(C)Sc2nnc(N)s2)cc1. The molecule has 3 N–H and O–H groups in total. The van der Waals surface area contributed by atoms with E-state index >= 15 is 0 Å². The second-order valence-electron chi connectivity index (χ2n) is 4.96. The highest BCUT2D eigenvalue weighted by Gasteiger charge is 2.18. The van der Waals surface area contributed by atoms with Crippen molar-refractivity contribution in [3.63, 3.8) is 0 Å². The number of ketones is 1. The fraction of sp³-hybridized carbons (Fsp3) is 0.333. The third-order valence-corrected chi connectivity index (χ3v) is 5.03. The van der Waals surface area contributed by atoms with Gasteiger partial charge in [0.05, 0.1) is 5.25 Å². The van der Waals surface area contributed by atoms with E-state index in [1.807, 2.05) is 31.2 Å². The molecule has 1 heterocycles. The molecule has 1 unspecified atom stereocenters. The van der Waals surface area contributed by atoms with Crippen LogP contribution in [0.1, 0.15) is 29.8 Å². The molecule has 1 aromatic carbocycles. The number of carbonyl (C=O) groups is 2. The zero-order valence-corrected chi connectivity index (χ0v) is 14.5. The Hall–Kier alpha value is -1.93. The minimum Gasteiger partial charge on any atom is -0.374 e. The van der Waals surface area contributed by atoms with Gasteiger partial charge in [0.25, 0.3) is 0 Å². The van der Waals surface area contributed by atoms with Crippen LogP contribution in [0.3, 0.4) is 0 Å². The molecule has 1 atom stereocenters. The summed E-state index contributed by atoms with van der Waals surface area (Å²) in [5.41, 5.74) is 7.27. The second kappa shape index (κ2) is 8.07. The smallest absolute Gasteiger partial charge is 0.216 e. The molecular formula is C15H18N4O2S2. The maximum atomic E-state index is 12.4. The van der Waals surface area contributed by atoms with Gasteiger partial charge in [0, 0.05) is 19.0 Å². The number of nitrogen functional groups attached to an aromatic ring is 1. The Morgan fingerprint density at radius 2 is 2.00 bits per heavy atom. The van der Waals surface area contributed by atoms with Crippen LogP contribution in [0.2, 0.25) is 0 Å². The van der Waals surface area contributed by atoms with Crippen molar-refractivity contribution in [2.45, 2.75) is 29.9 Å². The summed E-state index contributed by atoms with van der Waals surface area (Å²) in [6.45, 7) is 3.93. The number of hydrogen-bond donors (Lipinski definition) is 2. The predicted molar refractivity (Wildman–Crippen MR) is 92.8 cm³/mol. The van der Waals surface area contributed by atoms with Gasteiger partial charge < -0.3 is 11.1 Å². The molecule has 1 amide bonds. The minimum absolute atomic E-state index is 0.0391. The third-order valence-electron chi connectivity index (χ3n) is 3.09. The highest BCUT2D eigenvalue weighted by Crippen LogP contribution is 2.29. The lowest BCUT2D eigenvalue weighted by Crippen LogP contribution is -2.22. The van der Waals surface area contributed by atoms with Crippen molar-refractivity contribution in [3.8, 4) is 0 Å². The van der Waals surface area contributed by atoms with E-state index in [0.717, 1.165) is 12.0 Å². The van der Waals surface area contributed by atoms with Crippen molar-refractivity contribution >= 4 is 39.9 Å². The second-order valence-corrected chi connectivity index (χ2v) is 7.56. The van der Waals surface area contributed by atoms with Crippen LogP contribution in [-0.4, -0.2) is 33.7 Å². The standard InChI is InChI=1S/C15H18N4O2S2/c1-9(22-15-19-18-14(16)23-15)13(21)12-5-3-11(4-6-12)7-8-17-10(2)20/h3-6,9H,7-8H2,1-2H3,(H2,16,18)(H,17,20). The Labute approximate surface area is 142 Å². The van der Waals surface area contributed by atoms with Crippen LogP contribution >= 0.6 is 23.1 Å². The van der Waals surface area contributed by atoms with E-state index in [1.165, 1.54) is 30.0 Å². The van der Waals surface area contributed by atoms with E-state index in [9.17, 15) is 9.59 Å². The molecule has 6 nitrogen and oxygen atoms in total. The Balaban J connectivity index is 1.92. The average Bonchev–Trinajstić information content (AvgIpc) is 2.92. The molecule has 0 aliphatic carbocycles. The molecule has 122 valence electrons. The molecular weight excluding hydrogens is 332 g/mol. The van der Waals surface area contributed by atoms with Gasteiger partial charge in [-0.3, -0.25) is 9.59 Å². The van der Waals surface area contributed by atoms with Crippen LogP contribution in [0.5, 0.6) is 0 Å². The summed E-state index contributed by atoms with van der Waals surface area (Å²) in [6.07, 6.45) is 0.739. The Morgan fingerprint density at radius 3 is 2.57 bits per heavy atom. The predicted octanol–water partition coefficient (Wildman–Crippen LogP) is 2.16. The number of rotatable bonds is 7. The number of anilines is 1. The zero-order valence-electron chi connectivity index (χ0n) is 12.9. The van der Waals surface area contributed by atoms with Crippen LogP contribution in [0.25, 0.3) is 0 Å². The van der Waals surface area contributed by atoms with Gasteiger partial charge in [-0.1, -0.05) is 47.4 Å². The molecule has 0 fully saturated rings. The van der Waals surface area contributed by atoms with Crippen LogP contribution in [-0.2, 0) is 11.2 Å². The summed E-state index contributed by atoms with van der Waals surface area (Å²) < 4.78 is 0.690. The van der Waals surface area contributed by atoms with Gasteiger partial charge in [-0.15, -0.1) is 10.2 Å². The molecule has 0 aliphatic rings. The first kappa shape index (κ1) is 17.4. The van der Waals surface area contributed by atoms with Crippen LogP contribution < -0.4 is 11.1 Å². The van der Waals surface area contributed by atoms with Gasteiger partial charge in [-0.2, -0.15) is 0 Å². The molecule has 0 spiro atoms. The van der Waals surface area contributed by atoms with E-state index < -0.39 is 0 Å². The number of nitrogens with two attached hydrogens (primary N) is 1. The van der Waals surface area contributed by atoms with Crippen molar-refractivity contribution < 1.29 is 9.59 Å². The number of nitrogens with zero attached hydrogens (tertiary/aromatic N) is 2. The largest absolute Gasteiger partial charge is 0.374 e. The van der Waals surface area contributed by atoms with Crippen molar-refractivity contribution in [1.82, 2.24) is 15.5 Å². The third kappa shape index (κ3) is 5.33. The Morgan fingerprint density at radius 1 is 1.30 bits per heavy atom. The molecule has 0 saturated heterocycles. The molecule has 0 saturated carbocycles. The number of benzene rings is 1. The summed E-state index contributed by atoms with van der Waals surface area (Å²) >= 11 is 2.63. The van der Waals surface area contributed by atoms with E-state index in [1.54, 1.807) is 0 Å². The van der Waals surface area contributed by atoms with Gasteiger partial charge in [-0.25, -0.2) is 0 Å². The van der Waals surface area contributed by atoms with Crippen molar-refractivity contribution in [2.75, 3.05) is 12.3 Å². The highest BCUT2D eigenvalue weighted by atomic mass is 32.2. The summed E-state index contributed by atoms with van der Waals surface area (Å²) in [6, 6.07) is 7.46. The lowest BCUT2D eigenvalue weighted by Gasteiger charge is -2.09. The lowest BCUT2D eigenvalue weighted by atomic mass is 10.0. The molecule has 23 heavy (non-hydrogen) atoms. The normalized spacial score (nSPS) is 11.9. The lowest BCUT2D eigenvalue weighted by molar-refractivity contribution is -0.118. The highest BCUT2D eigenvalue weighted by molar-refractivity contribution is 8.02. The first-order valence-electron chi connectivity index (χ1n) is 7.09. The minimum atomic E-state index is -0.257. The summed E-state index contributed by atoms with van der Waals surface area (Å²) in [7, 11) is 0. The van der Waals surface area contributed by atoms with E-state index in [2.05, 4.69) is 15.5 Å². The number of hydrogen-bond acceptors (Lipinski definition) is 7. The van der Waals surface area contributed by atoms with Crippen molar-refractivity contribution in [2.24, 2.45) is 0 Å². The number of thioether (sulfide) groups is 1. The monoisotopic (exact) mass is 350 g/mol. The topological polar surface area (TPSA) is 98.0 Å². The summed E-state index contributed by atoms with van der Waals surface area (Å²) in [5.74, 6) is -0.00265. The van der Waals surface area contributed by atoms with E-state index in [-0.39, 0.29) is 16.9 Å². The first-order valence-corrected chi connectivity index (χ1v) is 8.78. The van der Waals surface area contributed by atoms with Crippen LogP contribution in [0, 0.1) is 0 Å². The number of nitrogens with one attached hydrogen (secondary N) is 1. The first-order chi connectivity index (χ1) is 11.0. The molecule has 0 radical (unpaired) electrons. The number of aromatic nitrogens is 2. The van der Waals surface area contributed by atoms with Crippen LogP contribution in [0.15, 0.2) is 28.6 Å². The van der Waals surface area contributed by atoms with Gasteiger partial charge >= 0.3 is 0 Å². The quantitative estimate of drug-likeness (QED) is 0.586. The maximum absolute atomic E-state index is 12.4. The Kier molecular flexibility index (Phi) is 6.12. The summed E-state index contributed by atoms with van der Waals surface area (Å²) in [5, 5.41) is 10.5. The molecule has 8 heteroatoms. The summed E-state index contributed by atoms with van der Waals surface area (Å²) in [4.78, 5) is 23.2. The van der Waals surface area contributed by atoms with Gasteiger partial charge in [0.15, 0.2) is 10.1 Å².